The summed E-state index contributed by atoms with van der Waals surface area (Å²) in [5.41, 5.74) is 7.49. The van der Waals surface area contributed by atoms with Gasteiger partial charge in [-0.3, -0.25) is 0 Å². The van der Waals surface area contributed by atoms with Gasteiger partial charge in [-0.1, -0.05) is 17.7 Å². The zero-order valence-corrected chi connectivity index (χ0v) is 10.2. The Hall–Kier alpha value is -0.980. The summed E-state index contributed by atoms with van der Waals surface area (Å²) in [5.74, 6) is 0.619. The van der Waals surface area contributed by atoms with E-state index in [4.69, 9.17) is 11.0 Å². The number of aryl methyl sites for hydroxylation is 2. The van der Waals surface area contributed by atoms with Gasteiger partial charge >= 0.3 is 0 Å². The monoisotopic (exact) mass is 220 g/mol. The molecule has 1 rings (SSSR count). The molecule has 0 aliphatic rings. The van der Waals surface area contributed by atoms with Crippen LogP contribution in [0.5, 0.6) is 0 Å². The van der Waals surface area contributed by atoms with Crippen molar-refractivity contribution in [3.8, 4) is 6.07 Å². The lowest BCUT2D eigenvalue weighted by Crippen LogP contribution is -2.36. The number of nitriles is 1. The minimum atomic E-state index is -0.749. The van der Waals surface area contributed by atoms with Crippen LogP contribution in [0.15, 0.2) is 23.1 Å². The molecule has 1 aromatic rings. The third-order valence-corrected chi connectivity index (χ3v) is 3.62. The second-order valence-corrected chi connectivity index (χ2v) is 5.10. The van der Waals surface area contributed by atoms with Crippen LogP contribution in [0.4, 0.5) is 0 Å². The van der Waals surface area contributed by atoms with Crippen molar-refractivity contribution in [2.75, 3.05) is 5.75 Å². The predicted molar refractivity (Wildman–Crippen MR) is 64.8 cm³/mol. The molecular weight excluding hydrogens is 204 g/mol. The third kappa shape index (κ3) is 3.58. The fourth-order valence-corrected chi connectivity index (χ4v) is 2.21. The van der Waals surface area contributed by atoms with E-state index in [1.807, 2.05) is 0 Å². The third-order valence-electron chi connectivity index (χ3n) is 2.13. The normalized spacial score (nSPS) is 14.3. The lowest BCUT2D eigenvalue weighted by atomic mass is 10.1. The fraction of sp³-hybridized carbons (Fsp3) is 0.417. The van der Waals surface area contributed by atoms with E-state index in [-0.39, 0.29) is 0 Å². The van der Waals surface area contributed by atoms with Gasteiger partial charge in [0.2, 0.25) is 0 Å². The molecule has 0 bridgehead atoms. The maximum atomic E-state index is 8.81. The average molecular weight is 220 g/mol. The predicted octanol–water partition coefficient (Wildman–Crippen LogP) is 2.64. The van der Waals surface area contributed by atoms with Gasteiger partial charge in [0.15, 0.2) is 0 Å². The van der Waals surface area contributed by atoms with Crippen molar-refractivity contribution in [3.63, 3.8) is 0 Å². The quantitative estimate of drug-likeness (QED) is 0.797. The molecule has 0 aliphatic heterocycles. The number of hydrogen-bond donors (Lipinski definition) is 1. The van der Waals surface area contributed by atoms with E-state index in [1.54, 1.807) is 18.7 Å². The number of benzene rings is 1. The number of nitrogens with two attached hydrogens (primary N) is 1. The molecular formula is C12H16N2S. The van der Waals surface area contributed by atoms with Gasteiger partial charge < -0.3 is 5.73 Å². The topological polar surface area (TPSA) is 49.8 Å². The lowest BCUT2D eigenvalue weighted by Gasteiger charge is -2.15. The van der Waals surface area contributed by atoms with E-state index in [2.05, 4.69) is 38.1 Å². The van der Waals surface area contributed by atoms with Gasteiger partial charge in [0.05, 0.1) is 6.07 Å². The summed E-state index contributed by atoms with van der Waals surface area (Å²) in [4.78, 5) is 1.21. The highest BCUT2D eigenvalue weighted by molar-refractivity contribution is 7.99. The molecule has 2 nitrogen and oxygen atoms in total. The Balaban J connectivity index is 2.74. The molecule has 0 aromatic heterocycles. The van der Waals surface area contributed by atoms with Crippen LogP contribution in [0, 0.1) is 25.2 Å². The van der Waals surface area contributed by atoms with E-state index >= 15 is 0 Å². The Morgan fingerprint density at radius 1 is 1.47 bits per heavy atom. The molecule has 1 unspecified atom stereocenters. The second-order valence-electron chi connectivity index (χ2n) is 4.09. The number of nitrogens with zero attached hydrogens (tertiary/aromatic N) is 1. The van der Waals surface area contributed by atoms with Crippen LogP contribution in [0.2, 0.25) is 0 Å². The van der Waals surface area contributed by atoms with Crippen LogP contribution < -0.4 is 5.73 Å². The maximum absolute atomic E-state index is 8.81. The summed E-state index contributed by atoms with van der Waals surface area (Å²) >= 11 is 1.65. The van der Waals surface area contributed by atoms with Crippen LogP contribution in [0.3, 0.4) is 0 Å². The number of hydrogen-bond acceptors (Lipinski definition) is 3. The van der Waals surface area contributed by atoms with E-state index in [0.717, 1.165) is 0 Å². The Labute approximate surface area is 95.5 Å². The fourth-order valence-electron chi connectivity index (χ4n) is 1.12. The van der Waals surface area contributed by atoms with Gasteiger partial charge in [-0.2, -0.15) is 5.26 Å². The first-order valence-corrected chi connectivity index (χ1v) is 5.83. The van der Waals surface area contributed by atoms with Gasteiger partial charge in [-0.05, 0) is 32.4 Å². The van der Waals surface area contributed by atoms with Crippen LogP contribution >= 0.6 is 11.8 Å². The molecule has 80 valence electrons. The van der Waals surface area contributed by atoms with Crippen LogP contribution in [0.25, 0.3) is 0 Å². The van der Waals surface area contributed by atoms with Crippen molar-refractivity contribution in [1.82, 2.24) is 0 Å². The molecule has 1 aromatic carbocycles. The molecule has 0 heterocycles. The zero-order valence-electron chi connectivity index (χ0n) is 9.37. The van der Waals surface area contributed by atoms with E-state index in [0.29, 0.717) is 5.75 Å². The maximum Gasteiger partial charge on any atom is 0.110 e. The molecule has 15 heavy (non-hydrogen) atoms. The molecule has 3 heteroatoms. The van der Waals surface area contributed by atoms with Gasteiger partial charge in [-0.15, -0.1) is 11.8 Å². The van der Waals surface area contributed by atoms with Gasteiger partial charge in [0.1, 0.15) is 5.54 Å². The molecule has 2 N–H and O–H groups in total. The summed E-state index contributed by atoms with van der Waals surface area (Å²) in [7, 11) is 0. The Morgan fingerprint density at radius 3 is 2.73 bits per heavy atom. The number of rotatable bonds is 3. The summed E-state index contributed by atoms with van der Waals surface area (Å²) in [6.07, 6.45) is 0. The van der Waals surface area contributed by atoms with Gasteiger partial charge in [-0.25, -0.2) is 0 Å². The van der Waals surface area contributed by atoms with E-state index < -0.39 is 5.54 Å². The van der Waals surface area contributed by atoms with E-state index in [9.17, 15) is 0 Å². The largest absolute Gasteiger partial charge is 0.313 e. The molecule has 0 saturated carbocycles. The highest BCUT2D eigenvalue weighted by Crippen LogP contribution is 2.25. The molecule has 1 atom stereocenters. The first kappa shape index (κ1) is 12.1. The molecule has 0 fully saturated rings. The SMILES string of the molecule is Cc1ccc(C)c(SCC(C)(N)C#N)c1. The molecule has 0 saturated heterocycles. The second kappa shape index (κ2) is 4.69. The molecule has 0 radical (unpaired) electrons. The lowest BCUT2D eigenvalue weighted by molar-refractivity contribution is 0.682. The molecule has 0 amide bonds. The summed E-state index contributed by atoms with van der Waals surface area (Å²) < 4.78 is 0. The van der Waals surface area contributed by atoms with Gasteiger partial charge in [0, 0.05) is 10.6 Å². The first-order chi connectivity index (χ1) is 6.94. The Kier molecular flexibility index (Phi) is 3.78. The highest BCUT2D eigenvalue weighted by atomic mass is 32.2. The van der Waals surface area contributed by atoms with Crippen molar-refractivity contribution >= 4 is 11.8 Å². The minimum absolute atomic E-state index is 0.619. The highest BCUT2D eigenvalue weighted by Gasteiger charge is 2.17. The molecule has 0 aliphatic carbocycles. The number of thioether (sulfide) groups is 1. The summed E-state index contributed by atoms with van der Waals surface area (Å²) in [5, 5.41) is 8.81. The standard InChI is InChI=1S/C12H16N2S/c1-9-4-5-10(2)11(6-9)15-8-12(3,14)7-13/h4-6H,8,14H2,1-3H3. The Morgan fingerprint density at radius 2 is 2.13 bits per heavy atom. The molecule has 0 spiro atoms. The van der Waals surface area contributed by atoms with Gasteiger partial charge in [0.25, 0.3) is 0 Å². The van der Waals surface area contributed by atoms with Crippen molar-refractivity contribution in [2.45, 2.75) is 31.2 Å². The Bertz CT molecular complexity index is 391. The van der Waals surface area contributed by atoms with Crippen LogP contribution in [-0.2, 0) is 0 Å². The van der Waals surface area contributed by atoms with Crippen molar-refractivity contribution in [3.05, 3.63) is 29.3 Å². The minimum Gasteiger partial charge on any atom is -0.313 e. The van der Waals surface area contributed by atoms with Crippen molar-refractivity contribution < 1.29 is 0 Å². The van der Waals surface area contributed by atoms with Crippen LogP contribution in [-0.4, -0.2) is 11.3 Å². The zero-order chi connectivity index (χ0) is 11.5. The van der Waals surface area contributed by atoms with Crippen LogP contribution in [0.1, 0.15) is 18.1 Å². The summed E-state index contributed by atoms with van der Waals surface area (Å²) in [6, 6.07) is 8.42. The summed E-state index contributed by atoms with van der Waals surface area (Å²) in [6.45, 7) is 5.89. The van der Waals surface area contributed by atoms with E-state index in [1.165, 1.54) is 16.0 Å². The van der Waals surface area contributed by atoms with Crippen molar-refractivity contribution in [1.29, 1.82) is 5.26 Å². The first-order valence-electron chi connectivity index (χ1n) is 4.85. The van der Waals surface area contributed by atoms with Crippen molar-refractivity contribution in [2.24, 2.45) is 5.73 Å². The average Bonchev–Trinajstić information content (AvgIpc) is 2.20. The smallest absolute Gasteiger partial charge is 0.110 e.